The molecule has 0 radical (unpaired) electrons. The highest BCUT2D eigenvalue weighted by molar-refractivity contribution is 5.76. The molecule has 0 bridgehead atoms. The molecule has 74 valence electrons. The fraction of sp³-hybridized carbons (Fsp3) is 0.545. The molecular weight excluding hydrogens is 178 g/mol. The van der Waals surface area contributed by atoms with E-state index in [4.69, 9.17) is 17.6 Å². The highest BCUT2D eigenvalue weighted by Gasteiger charge is 2.30. The number of carbonyl (C=O) groups excluding carboxylic acids is 1. The third kappa shape index (κ3) is 2.52. The molecule has 3 nitrogen and oxygen atoms in total. The van der Waals surface area contributed by atoms with Gasteiger partial charge < -0.3 is 4.74 Å². The minimum atomic E-state index is -0.254. The van der Waals surface area contributed by atoms with Crippen molar-refractivity contribution in [2.24, 2.45) is 0 Å². The smallest absolute Gasteiger partial charge is 0.324 e. The summed E-state index contributed by atoms with van der Waals surface area (Å²) in [5.74, 6) is 4.54. The molecule has 0 unspecified atom stereocenters. The first kappa shape index (κ1) is 10.6. The number of terminal acetylenes is 2. The molecule has 0 aromatic carbocycles. The van der Waals surface area contributed by atoms with Crippen molar-refractivity contribution in [1.82, 2.24) is 4.90 Å². The van der Waals surface area contributed by atoms with Gasteiger partial charge in [-0.15, -0.1) is 12.8 Å². The second-order valence-electron chi connectivity index (χ2n) is 3.14. The van der Waals surface area contributed by atoms with Crippen LogP contribution in [0.25, 0.3) is 0 Å². The maximum Gasteiger partial charge on any atom is 0.324 e. The van der Waals surface area contributed by atoms with Crippen LogP contribution in [0.5, 0.6) is 0 Å². The number of ether oxygens (including phenoxy) is 1. The number of hydrogen-bond acceptors (Lipinski definition) is 3. The summed E-state index contributed by atoms with van der Waals surface area (Å²) in [4.78, 5) is 13.4. The highest BCUT2D eigenvalue weighted by atomic mass is 16.5. The number of hydrogen-bond donors (Lipinski definition) is 0. The fourth-order valence-corrected chi connectivity index (χ4v) is 1.61. The van der Waals surface area contributed by atoms with E-state index in [1.165, 1.54) is 0 Å². The van der Waals surface area contributed by atoms with Crippen LogP contribution in [0, 0.1) is 24.7 Å². The first-order valence-corrected chi connectivity index (χ1v) is 4.57. The molecular formula is C11H13NO2. The zero-order valence-electron chi connectivity index (χ0n) is 8.03. The predicted molar refractivity (Wildman–Crippen MR) is 53.2 cm³/mol. The summed E-state index contributed by atoms with van der Waals surface area (Å²) in [6.07, 6.45) is 12.0. The van der Waals surface area contributed by atoms with Crippen LogP contribution in [0.15, 0.2) is 0 Å². The lowest BCUT2D eigenvalue weighted by atomic mass is 10.2. The third-order valence-electron chi connectivity index (χ3n) is 2.23. The van der Waals surface area contributed by atoms with Crippen molar-refractivity contribution < 1.29 is 9.53 Å². The summed E-state index contributed by atoms with van der Waals surface area (Å²) in [5, 5.41) is 0. The first-order valence-electron chi connectivity index (χ1n) is 4.57. The van der Waals surface area contributed by atoms with Crippen LogP contribution < -0.4 is 0 Å². The number of carbonyl (C=O) groups is 1. The third-order valence-corrected chi connectivity index (χ3v) is 2.23. The van der Waals surface area contributed by atoms with Crippen molar-refractivity contribution in [3.05, 3.63) is 0 Å². The normalized spacial score (nSPS) is 21.1. The molecule has 14 heavy (non-hydrogen) atoms. The Morgan fingerprint density at radius 2 is 2.29 bits per heavy atom. The molecule has 1 aliphatic rings. The molecule has 1 atom stereocenters. The second kappa shape index (κ2) is 5.32. The molecule has 3 heteroatoms. The zero-order chi connectivity index (χ0) is 10.4. The van der Waals surface area contributed by atoms with Crippen LogP contribution in [-0.4, -0.2) is 36.6 Å². The molecule has 0 aliphatic carbocycles. The van der Waals surface area contributed by atoms with Gasteiger partial charge in [-0.25, -0.2) is 0 Å². The number of likely N-dealkylation sites (tertiary alicyclic amines) is 1. The van der Waals surface area contributed by atoms with Gasteiger partial charge in [0.05, 0.1) is 6.54 Å². The topological polar surface area (TPSA) is 29.5 Å². The summed E-state index contributed by atoms with van der Waals surface area (Å²) in [6.45, 7) is 1.40. The van der Waals surface area contributed by atoms with Crippen LogP contribution in [0.3, 0.4) is 0 Å². The Morgan fingerprint density at radius 3 is 2.93 bits per heavy atom. The second-order valence-corrected chi connectivity index (χ2v) is 3.14. The van der Waals surface area contributed by atoms with Gasteiger partial charge in [-0.05, 0) is 12.8 Å². The van der Waals surface area contributed by atoms with Crippen molar-refractivity contribution in [3.8, 4) is 24.7 Å². The number of esters is 1. The average Bonchev–Trinajstić information content (AvgIpc) is 2.63. The quantitative estimate of drug-likeness (QED) is 0.473. The van der Waals surface area contributed by atoms with E-state index in [1.54, 1.807) is 0 Å². The Morgan fingerprint density at radius 1 is 1.50 bits per heavy atom. The zero-order valence-corrected chi connectivity index (χ0v) is 8.03. The van der Waals surface area contributed by atoms with Gasteiger partial charge in [0.2, 0.25) is 0 Å². The van der Waals surface area contributed by atoms with E-state index < -0.39 is 0 Å². The summed E-state index contributed by atoms with van der Waals surface area (Å²) in [5.41, 5.74) is 0. The lowest BCUT2D eigenvalue weighted by molar-refractivity contribution is -0.147. The van der Waals surface area contributed by atoms with Gasteiger partial charge in [0.25, 0.3) is 0 Å². The molecule has 0 N–H and O–H groups in total. The largest absolute Gasteiger partial charge is 0.451 e. The minimum Gasteiger partial charge on any atom is -0.451 e. The van der Waals surface area contributed by atoms with E-state index in [0.717, 1.165) is 19.4 Å². The molecule has 1 heterocycles. The maximum absolute atomic E-state index is 11.5. The van der Waals surface area contributed by atoms with Gasteiger partial charge in [-0.1, -0.05) is 11.8 Å². The van der Waals surface area contributed by atoms with E-state index in [-0.39, 0.29) is 18.6 Å². The van der Waals surface area contributed by atoms with Gasteiger partial charge in [-0.2, -0.15) is 0 Å². The summed E-state index contributed by atoms with van der Waals surface area (Å²) >= 11 is 0. The van der Waals surface area contributed by atoms with Gasteiger partial charge in [-0.3, -0.25) is 9.69 Å². The Labute approximate surface area is 84.4 Å². The van der Waals surface area contributed by atoms with Crippen LogP contribution in [-0.2, 0) is 9.53 Å². The molecule has 0 spiro atoms. The summed E-state index contributed by atoms with van der Waals surface area (Å²) in [6, 6.07) is -0.195. The first-order chi connectivity index (χ1) is 6.79. The van der Waals surface area contributed by atoms with Gasteiger partial charge in [0, 0.05) is 6.54 Å². The molecule has 0 aromatic heterocycles. The van der Waals surface area contributed by atoms with Crippen molar-refractivity contribution in [3.63, 3.8) is 0 Å². The SMILES string of the molecule is C#CCOC(=O)[C@@H]1CCCN1CC#C. The Hall–Kier alpha value is -1.45. The molecule has 1 saturated heterocycles. The molecule has 1 fully saturated rings. The fourth-order valence-electron chi connectivity index (χ4n) is 1.61. The number of rotatable bonds is 3. The Balaban J connectivity index is 2.46. The van der Waals surface area contributed by atoms with E-state index in [9.17, 15) is 4.79 Å². The van der Waals surface area contributed by atoms with E-state index >= 15 is 0 Å². The standard InChI is InChI=1S/C11H13NO2/c1-3-7-12-8-5-6-10(12)11(13)14-9-4-2/h1-2,10H,5-9H2/t10-/m0/s1. The molecule has 0 amide bonds. The van der Waals surface area contributed by atoms with Crippen LogP contribution in [0.2, 0.25) is 0 Å². The number of nitrogens with zero attached hydrogens (tertiary/aromatic N) is 1. The van der Waals surface area contributed by atoms with Crippen molar-refractivity contribution in [2.75, 3.05) is 19.7 Å². The maximum atomic E-state index is 11.5. The van der Waals surface area contributed by atoms with Gasteiger partial charge in [0.1, 0.15) is 6.04 Å². The van der Waals surface area contributed by atoms with Crippen molar-refractivity contribution >= 4 is 5.97 Å². The van der Waals surface area contributed by atoms with Crippen molar-refractivity contribution in [1.29, 1.82) is 0 Å². The van der Waals surface area contributed by atoms with Crippen LogP contribution in [0.4, 0.5) is 0 Å². The van der Waals surface area contributed by atoms with E-state index in [2.05, 4.69) is 11.8 Å². The summed E-state index contributed by atoms with van der Waals surface area (Å²) in [7, 11) is 0. The molecule has 0 aromatic rings. The van der Waals surface area contributed by atoms with Crippen LogP contribution in [0.1, 0.15) is 12.8 Å². The molecule has 1 rings (SSSR count). The Bertz CT molecular complexity index is 285. The lowest BCUT2D eigenvalue weighted by Gasteiger charge is -2.19. The van der Waals surface area contributed by atoms with E-state index in [0.29, 0.717) is 6.54 Å². The molecule has 1 aliphatic heterocycles. The highest BCUT2D eigenvalue weighted by Crippen LogP contribution is 2.17. The molecule has 0 saturated carbocycles. The minimum absolute atomic E-state index is 0.0409. The van der Waals surface area contributed by atoms with E-state index in [1.807, 2.05) is 4.90 Å². The predicted octanol–water partition coefficient (Wildman–Crippen LogP) is 0.260. The average molecular weight is 191 g/mol. The summed E-state index contributed by atoms with van der Waals surface area (Å²) < 4.78 is 4.87. The van der Waals surface area contributed by atoms with Gasteiger partial charge >= 0.3 is 5.97 Å². The monoisotopic (exact) mass is 191 g/mol. The lowest BCUT2D eigenvalue weighted by Crippen LogP contribution is -2.37. The van der Waals surface area contributed by atoms with Gasteiger partial charge in [0.15, 0.2) is 6.61 Å². The van der Waals surface area contributed by atoms with Crippen LogP contribution >= 0.6 is 0 Å². The van der Waals surface area contributed by atoms with Crippen molar-refractivity contribution in [2.45, 2.75) is 18.9 Å². The Kier molecular flexibility index (Phi) is 4.04.